The minimum absolute atomic E-state index is 0.0687. The van der Waals surface area contributed by atoms with Crippen molar-refractivity contribution in [3.8, 4) is 11.1 Å². The maximum Gasteiger partial charge on any atom is 0.409 e. The SMILES string of the molecule is CC1CN(C(=O)OCC2c3ccccc3-c3ccccc32)CC(C)C1O. The highest BCUT2D eigenvalue weighted by Gasteiger charge is 2.34. The lowest BCUT2D eigenvalue weighted by molar-refractivity contribution is -0.00898. The third-order valence-corrected chi connectivity index (χ3v) is 5.78. The van der Waals surface area contributed by atoms with Crippen LogP contribution in [0.1, 0.15) is 30.9 Å². The number of hydrogen-bond acceptors (Lipinski definition) is 3. The van der Waals surface area contributed by atoms with Crippen LogP contribution in [-0.2, 0) is 4.74 Å². The number of amides is 1. The van der Waals surface area contributed by atoms with Crippen LogP contribution < -0.4 is 0 Å². The summed E-state index contributed by atoms with van der Waals surface area (Å²) in [6.45, 7) is 5.38. The molecule has 1 aliphatic heterocycles. The van der Waals surface area contributed by atoms with Crippen molar-refractivity contribution in [1.29, 1.82) is 0 Å². The molecule has 4 nitrogen and oxygen atoms in total. The molecule has 2 aliphatic rings. The molecule has 136 valence electrons. The quantitative estimate of drug-likeness (QED) is 0.893. The van der Waals surface area contributed by atoms with Crippen LogP contribution in [0.15, 0.2) is 48.5 Å². The molecule has 0 aromatic heterocycles. The molecule has 2 unspecified atom stereocenters. The van der Waals surface area contributed by atoms with Crippen molar-refractivity contribution in [2.24, 2.45) is 11.8 Å². The summed E-state index contributed by atoms with van der Waals surface area (Å²) in [7, 11) is 0. The van der Waals surface area contributed by atoms with Gasteiger partial charge in [-0.3, -0.25) is 0 Å². The smallest absolute Gasteiger partial charge is 0.409 e. The minimum Gasteiger partial charge on any atom is -0.448 e. The van der Waals surface area contributed by atoms with Crippen LogP contribution >= 0.6 is 0 Å². The lowest BCUT2D eigenvalue weighted by atomic mass is 9.89. The van der Waals surface area contributed by atoms with Crippen molar-refractivity contribution in [2.45, 2.75) is 25.9 Å². The van der Waals surface area contributed by atoms with Gasteiger partial charge in [-0.1, -0.05) is 62.4 Å². The maximum absolute atomic E-state index is 12.6. The number of aliphatic hydroxyl groups is 1. The molecule has 1 saturated heterocycles. The fraction of sp³-hybridized carbons (Fsp3) is 0.409. The topological polar surface area (TPSA) is 49.8 Å². The van der Waals surface area contributed by atoms with Crippen LogP contribution in [0.5, 0.6) is 0 Å². The first-order valence-corrected chi connectivity index (χ1v) is 9.34. The van der Waals surface area contributed by atoms with Gasteiger partial charge in [0.25, 0.3) is 0 Å². The molecular weight excluding hydrogens is 326 g/mol. The molecule has 0 spiro atoms. The van der Waals surface area contributed by atoms with Gasteiger partial charge in [-0.05, 0) is 22.3 Å². The number of likely N-dealkylation sites (tertiary alicyclic amines) is 1. The third kappa shape index (κ3) is 2.88. The average molecular weight is 351 g/mol. The molecule has 0 saturated carbocycles. The van der Waals surface area contributed by atoms with Crippen molar-refractivity contribution in [3.63, 3.8) is 0 Å². The fourth-order valence-corrected chi connectivity index (χ4v) is 4.38. The van der Waals surface area contributed by atoms with Crippen LogP contribution in [0.4, 0.5) is 4.79 Å². The first-order chi connectivity index (χ1) is 12.6. The molecule has 0 radical (unpaired) electrons. The summed E-state index contributed by atoms with van der Waals surface area (Å²) in [6.07, 6.45) is -0.634. The second kappa shape index (κ2) is 6.76. The predicted octanol–water partition coefficient (Wildman–Crippen LogP) is 3.88. The Balaban J connectivity index is 1.49. The van der Waals surface area contributed by atoms with E-state index in [9.17, 15) is 9.90 Å². The van der Waals surface area contributed by atoms with E-state index in [-0.39, 0.29) is 30.0 Å². The van der Waals surface area contributed by atoms with Gasteiger partial charge in [0.2, 0.25) is 0 Å². The Morgan fingerprint density at radius 1 is 1.00 bits per heavy atom. The molecule has 1 N–H and O–H groups in total. The molecule has 1 heterocycles. The zero-order chi connectivity index (χ0) is 18.3. The average Bonchev–Trinajstić information content (AvgIpc) is 2.98. The monoisotopic (exact) mass is 351 g/mol. The summed E-state index contributed by atoms with van der Waals surface area (Å²) >= 11 is 0. The van der Waals surface area contributed by atoms with Crippen molar-refractivity contribution < 1.29 is 14.6 Å². The second-order valence-electron chi connectivity index (χ2n) is 7.65. The van der Waals surface area contributed by atoms with Gasteiger partial charge in [-0.25, -0.2) is 4.79 Å². The van der Waals surface area contributed by atoms with Crippen LogP contribution in [0, 0.1) is 11.8 Å². The summed E-state index contributed by atoms with van der Waals surface area (Å²) < 4.78 is 5.72. The Morgan fingerprint density at radius 2 is 1.50 bits per heavy atom. The number of fused-ring (bicyclic) bond motifs is 3. The van der Waals surface area contributed by atoms with Crippen LogP contribution in [0.25, 0.3) is 11.1 Å². The number of rotatable bonds is 2. The number of carbonyl (C=O) groups excluding carboxylic acids is 1. The molecular formula is C22H25NO3. The van der Waals surface area contributed by atoms with E-state index in [0.717, 1.165) is 0 Å². The zero-order valence-corrected chi connectivity index (χ0v) is 15.3. The van der Waals surface area contributed by atoms with Crippen molar-refractivity contribution >= 4 is 6.09 Å². The van der Waals surface area contributed by atoms with Gasteiger partial charge in [-0.2, -0.15) is 0 Å². The van der Waals surface area contributed by atoms with Gasteiger partial charge in [0.1, 0.15) is 6.61 Å². The number of nitrogens with zero attached hydrogens (tertiary/aromatic N) is 1. The molecule has 2 aromatic rings. The standard InChI is InChI=1S/C22H25NO3/c1-14-11-23(12-15(2)21(14)24)22(25)26-13-20-18-9-5-3-7-16(18)17-8-4-6-10-19(17)20/h3-10,14-15,20-21,24H,11-13H2,1-2H3. The first kappa shape index (κ1) is 17.1. The Labute approximate surface area is 154 Å². The Morgan fingerprint density at radius 3 is 2.04 bits per heavy atom. The van der Waals surface area contributed by atoms with E-state index in [1.807, 2.05) is 38.1 Å². The van der Waals surface area contributed by atoms with Gasteiger partial charge in [0.05, 0.1) is 6.10 Å². The van der Waals surface area contributed by atoms with Crippen LogP contribution in [-0.4, -0.2) is 41.9 Å². The number of aliphatic hydroxyl groups excluding tert-OH is 1. The molecule has 1 aliphatic carbocycles. The zero-order valence-electron chi connectivity index (χ0n) is 15.3. The van der Waals surface area contributed by atoms with E-state index in [1.54, 1.807) is 4.90 Å². The molecule has 0 bridgehead atoms. The molecule has 2 atom stereocenters. The molecule has 4 rings (SSSR count). The predicted molar refractivity (Wildman–Crippen MR) is 101 cm³/mol. The first-order valence-electron chi connectivity index (χ1n) is 9.34. The van der Waals surface area contributed by atoms with Crippen LogP contribution in [0.2, 0.25) is 0 Å². The normalized spacial score (nSPS) is 24.9. The summed E-state index contributed by atoms with van der Waals surface area (Å²) in [5.41, 5.74) is 4.90. The Bertz CT molecular complexity index is 761. The molecule has 26 heavy (non-hydrogen) atoms. The second-order valence-corrected chi connectivity index (χ2v) is 7.65. The fourth-order valence-electron chi connectivity index (χ4n) is 4.38. The molecule has 1 fully saturated rings. The molecule has 1 amide bonds. The van der Waals surface area contributed by atoms with Crippen molar-refractivity contribution in [3.05, 3.63) is 59.7 Å². The number of hydrogen-bond donors (Lipinski definition) is 1. The van der Waals surface area contributed by atoms with E-state index < -0.39 is 0 Å². The highest BCUT2D eigenvalue weighted by Crippen LogP contribution is 2.44. The van der Waals surface area contributed by atoms with Gasteiger partial charge in [0.15, 0.2) is 0 Å². The summed E-state index contributed by atoms with van der Waals surface area (Å²) in [5, 5.41) is 10.1. The summed E-state index contributed by atoms with van der Waals surface area (Å²) in [4.78, 5) is 14.3. The number of ether oxygens (including phenoxy) is 1. The molecule has 4 heteroatoms. The van der Waals surface area contributed by atoms with Crippen LogP contribution in [0.3, 0.4) is 0 Å². The van der Waals surface area contributed by atoms with Gasteiger partial charge in [-0.15, -0.1) is 0 Å². The number of piperidine rings is 1. The van der Waals surface area contributed by atoms with Gasteiger partial charge in [0, 0.05) is 30.8 Å². The van der Waals surface area contributed by atoms with E-state index in [0.29, 0.717) is 19.7 Å². The Kier molecular flexibility index (Phi) is 4.45. The highest BCUT2D eigenvalue weighted by atomic mass is 16.6. The largest absolute Gasteiger partial charge is 0.448 e. The van der Waals surface area contributed by atoms with E-state index in [4.69, 9.17) is 4.74 Å². The minimum atomic E-state index is -0.354. The Hall–Kier alpha value is -2.33. The summed E-state index contributed by atoms with van der Waals surface area (Å²) in [6, 6.07) is 16.7. The highest BCUT2D eigenvalue weighted by molar-refractivity contribution is 5.79. The van der Waals surface area contributed by atoms with E-state index >= 15 is 0 Å². The third-order valence-electron chi connectivity index (χ3n) is 5.78. The summed E-state index contributed by atoms with van der Waals surface area (Å²) in [5.74, 6) is 0.218. The van der Waals surface area contributed by atoms with E-state index in [2.05, 4.69) is 24.3 Å². The number of carbonyl (C=O) groups is 1. The van der Waals surface area contributed by atoms with Gasteiger partial charge >= 0.3 is 6.09 Å². The molecule has 2 aromatic carbocycles. The van der Waals surface area contributed by atoms with Crippen molar-refractivity contribution in [1.82, 2.24) is 4.90 Å². The maximum atomic E-state index is 12.6. The lowest BCUT2D eigenvalue weighted by Crippen LogP contribution is -2.49. The number of benzene rings is 2. The lowest BCUT2D eigenvalue weighted by Gasteiger charge is -2.38. The van der Waals surface area contributed by atoms with Crippen molar-refractivity contribution in [2.75, 3.05) is 19.7 Å². The van der Waals surface area contributed by atoms with E-state index in [1.165, 1.54) is 22.3 Å². The van der Waals surface area contributed by atoms with Gasteiger partial charge < -0.3 is 14.7 Å².